The molecule has 0 atom stereocenters. The van der Waals surface area contributed by atoms with Crippen molar-refractivity contribution >= 4 is 0 Å². The molecule has 1 aromatic heterocycles. The monoisotopic (exact) mass is 259 g/mol. The summed E-state index contributed by atoms with van der Waals surface area (Å²) in [4.78, 5) is 0. The summed E-state index contributed by atoms with van der Waals surface area (Å²) in [6.07, 6.45) is 4.03. The molecule has 0 bridgehead atoms. The molecule has 0 aliphatic rings. The number of hydrogen-bond donors (Lipinski definition) is 1. The van der Waals surface area contributed by atoms with E-state index in [1.807, 2.05) is 10.6 Å². The lowest BCUT2D eigenvalue weighted by molar-refractivity contribution is 0.264. The van der Waals surface area contributed by atoms with Crippen LogP contribution in [0.4, 0.5) is 0 Å². The van der Waals surface area contributed by atoms with Crippen LogP contribution in [0.5, 0.6) is 0 Å². The Labute approximate surface area is 114 Å². The first-order chi connectivity index (χ1) is 9.35. The number of nitrogens with zero attached hydrogens (tertiary/aromatic N) is 3. The first kappa shape index (κ1) is 13.7. The summed E-state index contributed by atoms with van der Waals surface area (Å²) < 4.78 is 2.05. The predicted molar refractivity (Wildman–Crippen MR) is 74.7 cm³/mol. The van der Waals surface area contributed by atoms with Crippen molar-refractivity contribution in [2.45, 2.75) is 45.8 Å². The van der Waals surface area contributed by atoms with Gasteiger partial charge in [0.05, 0.1) is 0 Å². The van der Waals surface area contributed by atoms with Crippen LogP contribution in [-0.4, -0.2) is 19.9 Å². The van der Waals surface area contributed by atoms with E-state index in [4.69, 9.17) is 0 Å². The van der Waals surface area contributed by atoms with E-state index >= 15 is 0 Å². The van der Waals surface area contributed by atoms with Gasteiger partial charge in [-0.1, -0.05) is 37.3 Å². The van der Waals surface area contributed by atoms with Crippen LogP contribution in [0.25, 0.3) is 0 Å². The van der Waals surface area contributed by atoms with Crippen molar-refractivity contribution in [3.05, 3.63) is 47.5 Å². The molecule has 0 aliphatic carbocycles. The van der Waals surface area contributed by atoms with E-state index < -0.39 is 0 Å². The van der Waals surface area contributed by atoms with Crippen molar-refractivity contribution in [1.29, 1.82) is 0 Å². The number of aliphatic hydroxyl groups excluding tert-OH is 1. The molecule has 0 aliphatic heterocycles. The lowest BCUT2D eigenvalue weighted by Crippen LogP contribution is -2.08. The van der Waals surface area contributed by atoms with Gasteiger partial charge < -0.3 is 9.67 Å². The molecule has 102 valence electrons. The third-order valence-corrected chi connectivity index (χ3v) is 3.20. The summed E-state index contributed by atoms with van der Waals surface area (Å²) in [5.41, 5.74) is 1.35. The second-order valence-corrected chi connectivity index (χ2v) is 4.68. The molecule has 0 spiro atoms. The zero-order valence-corrected chi connectivity index (χ0v) is 11.4. The van der Waals surface area contributed by atoms with Crippen LogP contribution in [-0.2, 0) is 26.0 Å². The van der Waals surface area contributed by atoms with Crippen LogP contribution in [0, 0.1) is 0 Å². The molecule has 1 N–H and O–H groups in total. The number of hydrogen-bond acceptors (Lipinski definition) is 3. The number of aryl methyl sites for hydroxylation is 2. The fourth-order valence-electron chi connectivity index (χ4n) is 2.25. The van der Waals surface area contributed by atoms with Crippen molar-refractivity contribution in [3.63, 3.8) is 0 Å². The Morgan fingerprint density at radius 2 is 1.79 bits per heavy atom. The highest BCUT2D eigenvalue weighted by molar-refractivity contribution is 5.14. The Kier molecular flexibility index (Phi) is 5.10. The van der Waals surface area contributed by atoms with E-state index in [1.54, 1.807) is 0 Å². The topological polar surface area (TPSA) is 50.9 Å². The maximum absolute atomic E-state index is 9.24. The molecule has 0 radical (unpaired) electrons. The predicted octanol–water partition coefficient (Wildman–Crippen LogP) is 2.36. The minimum absolute atomic E-state index is 0.0360. The molecule has 1 aromatic carbocycles. The Hall–Kier alpha value is -1.68. The zero-order valence-electron chi connectivity index (χ0n) is 11.4. The molecule has 2 aromatic rings. The molecule has 1 heterocycles. The zero-order chi connectivity index (χ0) is 13.5. The molecular weight excluding hydrogens is 238 g/mol. The van der Waals surface area contributed by atoms with Gasteiger partial charge >= 0.3 is 0 Å². The van der Waals surface area contributed by atoms with Gasteiger partial charge in [-0.3, -0.25) is 0 Å². The Bertz CT molecular complexity index is 493. The van der Waals surface area contributed by atoms with E-state index in [1.165, 1.54) is 5.56 Å². The largest absolute Gasteiger partial charge is 0.388 e. The van der Waals surface area contributed by atoms with Gasteiger partial charge in [0.15, 0.2) is 5.82 Å². The summed E-state index contributed by atoms with van der Waals surface area (Å²) in [6.45, 7) is 2.96. The van der Waals surface area contributed by atoms with Gasteiger partial charge in [0.1, 0.15) is 12.4 Å². The minimum Gasteiger partial charge on any atom is -0.388 e. The normalized spacial score (nSPS) is 10.8. The van der Waals surface area contributed by atoms with Crippen LogP contribution in [0.1, 0.15) is 37.0 Å². The van der Waals surface area contributed by atoms with Gasteiger partial charge in [0.2, 0.25) is 0 Å². The highest BCUT2D eigenvalue weighted by atomic mass is 16.3. The molecule has 0 saturated heterocycles. The van der Waals surface area contributed by atoms with Crippen LogP contribution in [0.2, 0.25) is 0 Å². The van der Waals surface area contributed by atoms with E-state index in [0.717, 1.165) is 38.1 Å². The Morgan fingerprint density at radius 1 is 1.05 bits per heavy atom. The number of rotatable bonds is 7. The summed E-state index contributed by atoms with van der Waals surface area (Å²) in [6, 6.07) is 10.5. The molecule has 0 unspecified atom stereocenters. The Balaban J connectivity index is 1.94. The van der Waals surface area contributed by atoms with E-state index in [2.05, 4.69) is 41.4 Å². The van der Waals surface area contributed by atoms with Crippen molar-refractivity contribution in [1.82, 2.24) is 14.8 Å². The third kappa shape index (κ3) is 3.64. The highest BCUT2D eigenvalue weighted by Crippen LogP contribution is 2.09. The smallest absolute Gasteiger partial charge is 0.158 e. The summed E-state index contributed by atoms with van der Waals surface area (Å²) in [5.74, 6) is 1.67. The van der Waals surface area contributed by atoms with Crippen molar-refractivity contribution < 1.29 is 5.11 Å². The van der Waals surface area contributed by atoms with Crippen LogP contribution >= 0.6 is 0 Å². The van der Waals surface area contributed by atoms with Gasteiger partial charge in [-0.15, -0.1) is 10.2 Å². The number of aromatic nitrogens is 3. The summed E-state index contributed by atoms with van der Waals surface area (Å²) in [7, 11) is 0. The van der Waals surface area contributed by atoms with Crippen molar-refractivity contribution in [2.75, 3.05) is 0 Å². The molecule has 0 fully saturated rings. The maximum atomic E-state index is 9.24. The lowest BCUT2D eigenvalue weighted by Gasteiger charge is -2.07. The van der Waals surface area contributed by atoms with E-state index in [9.17, 15) is 5.11 Å². The molecular formula is C15H21N3O. The van der Waals surface area contributed by atoms with Crippen molar-refractivity contribution in [2.24, 2.45) is 0 Å². The van der Waals surface area contributed by atoms with Crippen molar-refractivity contribution in [3.8, 4) is 0 Å². The molecule has 2 rings (SSSR count). The quantitative estimate of drug-likeness (QED) is 0.830. The SMILES string of the molecule is CCCn1c(CO)nnc1CCCc1ccccc1. The van der Waals surface area contributed by atoms with Gasteiger partial charge in [0, 0.05) is 13.0 Å². The van der Waals surface area contributed by atoms with Gasteiger partial charge in [0.25, 0.3) is 0 Å². The fourth-order valence-corrected chi connectivity index (χ4v) is 2.25. The fraction of sp³-hybridized carbons (Fsp3) is 0.467. The van der Waals surface area contributed by atoms with Gasteiger partial charge in [-0.25, -0.2) is 0 Å². The first-order valence-electron chi connectivity index (χ1n) is 6.91. The number of aliphatic hydroxyl groups is 1. The van der Waals surface area contributed by atoms with E-state index in [0.29, 0.717) is 5.82 Å². The third-order valence-electron chi connectivity index (χ3n) is 3.20. The average Bonchev–Trinajstić information content (AvgIpc) is 2.83. The second-order valence-electron chi connectivity index (χ2n) is 4.68. The average molecular weight is 259 g/mol. The van der Waals surface area contributed by atoms with Gasteiger partial charge in [-0.2, -0.15) is 0 Å². The first-order valence-corrected chi connectivity index (χ1v) is 6.91. The summed E-state index contributed by atoms with van der Waals surface area (Å²) in [5, 5.41) is 17.5. The van der Waals surface area contributed by atoms with E-state index in [-0.39, 0.29) is 6.61 Å². The molecule has 4 heteroatoms. The lowest BCUT2D eigenvalue weighted by atomic mass is 10.1. The van der Waals surface area contributed by atoms with Gasteiger partial charge in [-0.05, 0) is 24.8 Å². The number of benzene rings is 1. The second kappa shape index (κ2) is 7.04. The molecule has 4 nitrogen and oxygen atoms in total. The standard InChI is InChI=1S/C15H21N3O/c1-2-11-18-14(16-17-15(18)12-19)10-6-9-13-7-4-3-5-8-13/h3-5,7-8,19H,2,6,9-12H2,1H3. The van der Waals surface area contributed by atoms with Crippen LogP contribution < -0.4 is 0 Å². The maximum Gasteiger partial charge on any atom is 0.158 e. The molecule has 0 saturated carbocycles. The Morgan fingerprint density at radius 3 is 2.47 bits per heavy atom. The van der Waals surface area contributed by atoms with Crippen LogP contribution in [0.3, 0.4) is 0 Å². The molecule has 19 heavy (non-hydrogen) atoms. The summed E-state index contributed by atoms with van der Waals surface area (Å²) >= 11 is 0. The minimum atomic E-state index is -0.0360. The molecule has 0 amide bonds. The van der Waals surface area contributed by atoms with Crippen LogP contribution in [0.15, 0.2) is 30.3 Å². The highest BCUT2D eigenvalue weighted by Gasteiger charge is 2.09.